The van der Waals surface area contributed by atoms with E-state index in [-0.39, 0.29) is 24.8 Å². The molecule has 126 valence electrons. The Balaban J connectivity index is 1.74. The molecule has 0 aromatic heterocycles. The van der Waals surface area contributed by atoms with Crippen molar-refractivity contribution in [3.05, 3.63) is 58.6 Å². The fourth-order valence-electron chi connectivity index (χ4n) is 2.83. The number of aryl methyl sites for hydroxylation is 1. The summed E-state index contributed by atoms with van der Waals surface area (Å²) >= 11 is 6.07. The largest absolute Gasteiger partial charge is 0.326 e. The Kier molecular flexibility index (Phi) is 4.73. The molecule has 1 heterocycles. The Hall–Kier alpha value is -2.84. The maximum absolute atomic E-state index is 12.5. The summed E-state index contributed by atoms with van der Waals surface area (Å²) in [6.07, 6.45) is 0.116. The van der Waals surface area contributed by atoms with Gasteiger partial charge in [0.25, 0.3) is 0 Å². The molecule has 1 fully saturated rings. The van der Waals surface area contributed by atoms with Gasteiger partial charge in [-0.3, -0.25) is 9.59 Å². The van der Waals surface area contributed by atoms with Crippen LogP contribution >= 0.6 is 11.6 Å². The van der Waals surface area contributed by atoms with E-state index in [0.717, 1.165) is 5.56 Å². The molecule has 0 saturated carbocycles. The highest BCUT2D eigenvalue weighted by molar-refractivity contribution is 6.31. The Labute approximate surface area is 150 Å². The second-order valence-electron chi connectivity index (χ2n) is 5.99. The SMILES string of the molecule is Cc1ccc(NC(=O)C2CC(=O)N(c3ccccc3C#N)C2)cc1Cl. The van der Waals surface area contributed by atoms with E-state index in [1.54, 1.807) is 36.4 Å². The van der Waals surface area contributed by atoms with Crippen LogP contribution in [0.5, 0.6) is 0 Å². The Bertz CT molecular complexity index is 888. The van der Waals surface area contributed by atoms with Crippen molar-refractivity contribution in [1.29, 1.82) is 5.26 Å². The topological polar surface area (TPSA) is 73.2 Å². The van der Waals surface area contributed by atoms with Gasteiger partial charge < -0.3 is 10.2 Å². The summed E-state index contributed by atoms with van der Waals surface area (Å²) in [7, 11) is 0. The number of hydrogen-bond acceptors (Lipinski definition) is 3. The molecular formula is C19H16ClN3O2. The number of nitrogens with one attached hydrogen (secondary N) is 1. The minimum atomic E-state index is -0.473. The van der Waals surface area contributed by atoms with E-state index in [1.165, 1.54) is 4.90 Å². The first-order valence-corrected chi connectivity index (χ1v) is 8.24. The van der Waals surface area contributed by atoms with Crippen LogP contribution in [-0.2, 0) is 9.59 Å². The standard InChI is InChI=1S/C19H16ClN3O2/c1-12-6-7-15(9-16(12)20)22-19(25)14-8-18(24)23(11-14)17-5-3-2-4-13(17)10-21/h2-7,9,14H,8,11H2,1H3,(H,22,25). The molecule has 0 radical (unpaired) electrons. The molecule has 1 N–H and O–H groups in total. The van der Waals surface area contributed by atoms with Crippen LogP contribution < -0.4 is 10.2 Å². The van der Waals surface area contributed by atoms with E-state index in [0.29, 0.717) is 22.0 Å². The van der Waals surface area contributed by atoms with Gasteiger partial charge in [-0.05, 0) is 36.8 Å². The minimum absolute atomic E-state index is 0.116. The maximum Gasteiger partial charge on any atom is 0.229 e. The van der Waals surface area contributed by atoms with E-state index in [4.69, 9.17) is 11.6 Å². The molecule has 5 nitrogen and oxygen atoms in total. The molecule has 6 heteroatoms. The van der Waals surface area contributed by atoms with Gasteiger partial charge in [-0.25, -0.2) is 0 Å². The molecule has 1 saturated heterocycles. The lowest BCUT2D eigenvalue weighted by molar-refractivity contribution is -0.122. The molecule has 1 aliphatic heterocycles. The highest BCUT2D eigenvalue weighted by Crippen LogP contribution is 2.29. The Morgan fingerprint density at radius 2 is 2.08 bits per heavy atom. The van der Waals surface area contributed by atoms with Crippen LogP contribution in [0.25, 0.3) is 0 Å². The molecule has 1 aliphatic rings. The average Bonchev–Trinajstić information content (AvgIpc) is 3.00. The number of nitrogens with zero attached hydrogens (tertiary/aromatic N) is 2. The van der Waals surface area contributed by atoms with Crippen molar-refractivity contribution in [3.8, 4) is 6.07 Å². The zero-order chi connectivity index (χ0) is 18.0. The number of carbonyl (C=O) groups is 2. The third kappa shape index (κ3) is 3.49. The Morgan fingerprint density at radius 3 is 2.80 bits per heavy atom. The van der Waals surface area contributed by atoms with Gasteiger partial charge in [-0.15, -0.1) is 0 Å². The molecule has 0 spiro atoms. The number of anilines is 2. The van der Waals surface area contributed by atoms with Crippen molar-refractivity contribution in [2.75, 3.05) is 16.8 Å². The molecule has 0 bridgehead atoms. The number of benzene rings is 2. The van der Waals surface area contributed by atoms with Crippen molar-refractivity contribution >= 4 is 34.8 Å². The van der Waals surface area contributed by atoms with Gasteiger partial charge in [-0.2, -0.15) is 5.26 Å². The fraction of sp³-hybridized carbons (Fsp3) is 0.211. The van der Waals surface area contributed by atoms with Crippen LogP contribution in [0.4, 0.5) is 11.4 Å². The lowest BCUT2D eigenvalue weighted by Gasteiger charge is -2.18. The Morgan fingerprint density at radius 1 is 1.32 bits per heavy atom. The summed E-state index contributed by atoms with van der Waals surface area (Å²) in [5.41, 5.74) is 2.49. The van der Waals surface area contributed by atoms with Crippen molar-refractivity contribution in [2.45, 2.75) is 13.3 Å². The predicted molar refractivity (Wildman–Crippen MR) is 96.4 cm³/mol. The summed E-state index contributed by atoms with van der Waals surface area (Å²) in [6.45, 7) is 2.14. The second-order valence-corrected chi connectivity index (χ2v) is 6.39. The maximum atomic E-state index is 12.5. The number of hydrogen-bond donors (Lipinski definition) is 1. The number of rotatable bonds is 3. The van der Waals surface area contributed by atoms with Crippen molar-refractivity contribution in [2.24, 2.45) is 5.92 Å². The number of para-hydroxylation sites is 1. The summed E-state index contributed by atoms with van der Waals surface area (Å²) in [6, 6.07) is 14.3. The van der Waals surface area contributed by atoms with Crippen molar-refractivity contribution < 1.29 is 9.59 Å². The monoisotopic (exact) mass is 353 g/mol. The summed E-state index contributed by atoms with van der Waals surface area (Å²) in [4.78, 5) is 26.3. The first kappa shape index (κ1) is 17.0. The zero-order valence-electron chi connectivity index (χ0n) is 13.6. The van der Waals surface area contributed by atoms with Crippen LogP contribution in [-0.4, -0.2) is 18.4 Å². The third-order valence-corrected chi connectivity index (χ3v) is 4.66. The number of carbonyl (C=O) groups excluding carboxylic acids is 2. The fourth-order valence-corrected chi connectivity index (χ4v) is 3.02. The summed E-state index contributed by atoms with van der Waals surface area (Å²) in [5.74, 6) is -0.866. The van der Waals surface area contributed by atoms with Gasteiger partial charge in [-0.1, -0.05) is 29.8 Å². The van der Waals surface area contributed by atoms with Crippen molar-refractivity contribution in [1.82, 2.24) is 0 Å². The van der Waals surface area contributed by atoms with Gasteiger partial charge in [0.05, 0.1) is 17.2 Å². The van der Waals surface area contributed by atoms with Crippen LogP contribution in [0.1, 0.15) is 17.5 Å². The average molecular weight is 354 g/mol. The van der Waals surface area contributed by atoms with Gasteiger partial charge in [0.1, 0.15) is 6.07 Å². The molecule has 3 rings (SSSR count). The number of halogens is 1. The first-order chi connectivity index (χ1) is 12.0. The first-order valence-electron chi connectivity index (χ1n) is 7.86. The lowest BCUT2D eigenvalue weighted by atomic mass is 10.1. The van der Waals surface area contributed by atoms with Crippen LogP contribution in [0.3, 0.4) is 0 Å². The normalized spacial score (nSPS) is 16.6. The van der Waals surface area contributed by atoms with Gasteiger partial charge in [0.2, 0.25) is 11.8 Å². The van der Waals surface area contributed by atoms with Gasteiger partial charge >= 0.3 is 0 Å². The smallest absolute Gasteiger partial charge is 0.229 e. The highest BCUT2D eigenvalue weighted by Gasteiger charge is 2.36. The van der Waals surface area contributed by atoms with E-state index < -0.39 is 5.92 Å². The van der Waals surface area contributed by atoms with Crippen molar-refractivity contribution in [3.63, 3.8) is 0 Å². The van der Waals surface area contributed by atoms with Crippen LogP contribution in [0.15, 0.2) is 42.5 Å². The van der Waals surface area contributed by atoms with Gasteiger partial charge in [0.15, 0.2) is 0 Å². The minimum Gasteiger partial charge on any atom is -0.326 e. The summed E-state index contributed by atoms with van der Waals surface area (Å²) < 4.78 is 0. The lowest BCUT2D eigenvalue weighted by Crippen LogP contribution is -2.28. The quantitative estimate of drug-likeness (QED) is 0.917. The third-order valence-electron chi connectivity index (χ3n) is 4.25. The second kappa shape index (κ2) is 6.96. The van der Waals surface area contributed by atoms with Gasteiger partial charge in [0, 0.05) is 23.7 Å². The number of amides is 2. The van der Waals surface area contributed by atoms with E-state index in [9.17, 15) is 14.9 Å². The molecular weight excluding hydrogens is 338 g/mol. The number of nitriles is 1. The zero-order valence-corrected chi connectivity index (χ0v) is 14.4. The van der Waals surface area contributed by atoms with Crippen LogP contribution in [0, 0.1) is 24.2 Å². The predicted octanol–water partition coefficient (Wildman–Crippen LogP) is 3.51. The molecule has 1 atom stereocenters. The molecule has 2 amide bonds. The molecule has 25 heavy (non-hydrogen) atoms. The molecule has 0 aliphatic carbocycles. The van der Waals surface area contributed by atoms with E-state index in [1.807, 2.05) is 13.0 Å². The molecule has 1 unspecified atom stereocenters. The molecule has 2 aromatic rings. The van der Waals surface area contributed by atoms with E-state index >= 15 is 0 Å². The van der Waals surface area contributed by atoms with E-state index in [2.05, 4.69) is 11.4 Å². The summed E-state index contributed by atoms with van der Waals surface area (Å²) in [5, 5.41) is 12.6. The van der Waals surface area contributed by atoms with Crippen LogP contribution in [0.2, 0.25) is 5.02 Å². The highest BCUT2D eigenvalue weighted by atomic mass is 35.5. The molecule has 2 aromatic carbocycles.